The average Bonchev–Trinajstić information content (AvgIpc) is 2.35. The lowest BCUT2D eigenvalue weighted by atomic mass is 10.2. The first-order valence-corrected chi connectivity index (χ1v) is 7.81. The summed E-state index contributed by atoms with van der Waals surface area (Å²) in [5.74, 6) is 0.801. The number of halogens is 1. The lowest BCUT2D eigenvalue weighted by molar-refractivity contribution is 0.414. The topological polar surface area (TPSA) is 55.4 Å². The van der Waals surface area contributed by atoms with Crippen molar-refractivity contribution in [3.8, 4) is 5.75 Å². The monoisotopic (exact) mass is 291 g/mol. The molecule has 0 atom stereocenters. The van der Waals surface area contributed by atoms with Crippen LogP contribution in [0.3, 0.4) is 0 Å². The second kappa shape index (κ2) is 6.97. The zero-order valence-corrected chi connectivity index (χ0v) is 12.1. The fraction of sp³-hybridized carbons (Fsp3) is 0.500. The highest BCUT2D eigenvalue weighted by molar-refractivity contribution is 7.89. The molecule has 0 spiro atoms. The van der Waals surface area contributed by atoms with Crippen molar-refractivity contribution in [3.63, 3.8) is 0 Å². The first-order valence-electron chi connectivity index (χ1n) is 5.78. The molecule has 18 heavy (non-hydrogen) atoms. The van der Waals surface area contributed by atoms with Gasteiger partial charge in [-0.25, -0.2) is 13.1 Å². The summed E-state index contributed by atoms with van der Waals surface area (Å²) in [6.07, 6.45) is 1.51. The van der Waals surface area contributed by atoms with Gasteiger partial charge in [0.05, 0.1) is 12.9 Å². The van der Waals surface area contributed by atoms with Crippen LogP contribution in [0.5, 0.6) is 5.75 Å². The van der Waals surface area contributed by atoms with E-state index in [1.807, 2.05) is 6.92 Å². The van der Waals surface area contributed by atoms with Crippen LogP contribution in [0.4, 0.5) is 0 Å². The number of hydrogen-bond acceptors (Lipinski definition) is 3. The standard InChI is InChI=1S/C12H18ClNO3S/c1-3-4-7-18(15,16)14-9-10-5-6-11(17-2)8-12(10)13/h5-6,8,14H,3-4,7,9H2,1-2H3. The van der Waals surface area contributed by atoms with Gasteiger partial charge < -0.3 is 4.74 Å². The van der Waals surface area contributed by atoms with Gasteiger partial charge in [-0.05, 0) is 24.1 Å². The Bertz CT molecular complexity index is 488. The number of rotatable bonds is 7. The SMILES string of the molecule is CCCCS(=O)(=O)NCc1ccc(OC)cc1Cl. The van der Waals surface area contributed by atoms with E-state index in [0.29, 0.717) is 17.2 Å². The third-order valence-corrected chi connectivity index (χ3v) is 4.27. The summed E-state index contributed by atoms with van der Waals surface area (Å²) in [5, 5.41) is 0.493. The molecular weight excluding hydrogens is 274 g/mol. The van der Waals surface area contributed by atoms with E-state index in [-0.39, 0.29) is 12.3 Å². The van der Waals surface area contributed by atoms with Crippen molar-refractivity contribution in [1.82, 2.24) is 4.72 Å². The Hall–Kier alpha value is -0.780. The molecule has 102 valence electrons. The minimum absolute atomic E-state index is 0.150. The normalized spacial score (nSPS) is 11.5. The Balaban J connectivity index is 2.63. The Morgan fingerprint density at radius 2 is 2.11 bits per heavy atom. The molecule has 0 unspecified atom stereocenters. The number of hydrogen-bond donors (Lipinski definition) is 1. The highest BCUT2D eigenvalue weighted by Gasteiger charge is 2.10. The van der Waals surface area contributed by atoms with E-state index >= 15 is 0 Å². The largest absolute Gasteiger partial charge is 0.497 e. The molecule has 1 aromatic rings. The summed E-state index contributed by atoms with van der Waals surface area (Å²) >= 11 is 6.03. The maximum Gasteiger partial charge on any atom is 0.211 e. The first-order chi connectivity index (χ1) is 8.48. The van der Waals surface area contributed by atoms with Gasteiger partial charge in [-0.3, -0.25) is 0 Å². The summed E-state index contributed by atoms with van der Waals surface area (Å²) in [6, 6.07) is 5.17. The second-order valence-electron chi connectivity index (χ2n) is 3.95. The molecule has 0 saturated heterocycles. The van der Waals surface area contributed by atoms with E-state index in [2.05, 4.69) is 4.72 Å². The fourth-order valence-electron chi connectivity index (χ4n) is 1.39. The van der Waals surface area contributed by atoms with Gasteiger partial charge in [0, 0.05) is 11.6 Å². The molecule has 0 radical (unpaired) electrons. The molecule has 0 fully saturated rings. The molecule has 6 heteroatoms. The van der Waals surface area contributed by atoms with E-state index in [1.165, 1.54) is 0 Å². The molecule has 0 heterocycles. The van der Waals surface area contributed by atoms with Crippen LogP contribution in [0.1, 0.15) is 25.3 Å². The van der Waals surface area contributed by atoms with E-state index in [0.717, 1.165) is 12.0 Å². The Morgan fingerprint density at radius 3 is 2.67 bits per heavy atom. The van der Waals surface area contributed by atoms with E-state index < -0.39 is 10.0 Å². The summed E-state index contributed by atoms with van der Waals surface area (Å²) in [6.45, 7) is 2.16. The number of unbranched alkanes of at least 4 members (excludes halogenated alkanes) is 1. The summed E-state index contributed by atoms with van der Waals surface area (Å²) in [4.78, 5) is 0. The zero-order chi connectivity index (χ0) is 13.6. The van der Waals surface area contributed by atoms with Gasteiger partial charge in [0.25, 0.3) is 0 Å². The summed E-state index contributed by atoms with van der Waals surface area (Å²) in [7, 11) is -1.66. The lowest BCUT2D eigenvalue weighted by Gasteiger charge is -2.08. The van der Waals surface area contributed by atoms with Crippen molar-refractivity contribution in [1.29, 1.82) is 0 Å². The van der Waals surface area contributed by atoms with Crippen LogP contribution in [0.2, 0.25) is 5.02 Å². The van der Waals surface area contributed by atoms with Gasteiger partial charge in [-0.2, -0.15) is 0 Å². The van der Waals surface area contributed by atoms with Crippen LogP contribution in [0, 0.1) is 0 Å². The van der Waals surface area contributed by atoms with Crippen LogP contribution in [0.25, 0.3) is 0 Å². The molecular formula is C12H18ClNO3S. The van der Waals surface area contributed by atoms with Crippen molar-refractivity contribution in [2.45, 2.75) is 26.3 Å². The smallest absolute Gasteiger partial charge is 0.211 e. The van der Waals surface area contributed by atoms with Crippen LogP contribution in [-0.4, -0.2) is 21.3 Å². The summed E-state index contributed by atoms with van der Waals surface area (Å²) in [5.41, 5.74) is 0.734. The number of ether oxygens (including phenoxy) is 1. The maximum absolute atomic E-state index is 11.6. The maximum atomic E-state index is 11.6. The van der Waals surface area contributed by atoms with Crippen molar-refractivity contribution < 1.29 is 13.2 Å². The molecule has 0 bridgehead atoms. The molecule has 0 saturated carbocycles. The predicted molar refractivity (Wildman–Crippen MR) is 73.5 cm³/mol. The number of methoxy groups -OCH3 is 1. The van der Waals surface area contributed by atoms with Gasteiger partial charge in [0.2, 0.25) is 10.0 Å². The van der Waals surface area contributed by atoms with E-state index in [9.17, 15) is 8.42 Å². The van der Waals surface area contributed by atoms with Crippen molar-refractivity contribution >= 4 is 21.6 Å². The summed E-state index contributed by atoms with van der Waals surface area (Å²) < 4.78 is 30.8. The predicted octanol–water partition coefficient (Wildman–Crippen LogP) is 2.57. The molecule has 1 aromatic carbocycles. The quantitative estimate of drug-likeness (QED) is 0.840. The minimum Gasteiger partial charge on any atom is -0.497 e. The van der Waals surface area contributed by atoms with Gasteiger partial charge in [-0.1, -0.05) is 31.0 Å². The molecule has 0 aliphatic rings. The molecule has 0 aliphatic carbocycles. The van der Waals surface area contributed by atoms with Crippen LogP contribution < -0.4 is 9.46 Å². The van der Waals surface area contributed by atoms with Crippen LogP contribution >= 0.6 is 11.6 Å². The molecule has 1 N–H and O–H groups in total. The van der Waals surface area contributed by atoms with Gasteiger partial charge in [-0.15, -0.1) is 0 Å². The van der Waals surface area contributed by atoms with E-state index in [4.69, 9.17) is 16.3 Å². The third-order valence-electron chi connectivity index (χ3n) is 2.51. The van der Waals surface area contributed by atoms with Crippen LogP contribution in [0.15, 0.2) is 18.2 Å². The molecule has 4 nitrogen and oxygen atoms in total. The lowest BCUT2D eigenvalue weighted by Crippen LogP contribution is -2.26. The van der Waals surface area contributed by atoms with Crippen molar-refractivity contribution in [3.05, 3.63) is 28.8 Å². The van der Waals surface area contributed by atoms with Crippen molar-refractivity contribution in [2.75, 3.05) is 12.9 Å². The number of sulfonamides is 1. The Morgan fingerprint density at radius 1 is 1.39 bits per heavy atom. The van der Waals surface area contributed by atoms with E-state index in [1.54, 1.807) is 25.3 Å². The zero-order valence-electron chi connectivity index (χ0n) is 10.6. The molecule has 0 aromatic heterocycles. The fourth-order valence-corrected chi connectivity index (χ4v) is 2.82. The first kappa shape index (κ1) is 15.3. The Kier molecular flexibility index (Phi) is 5.91. The number of benzene rings is 1. The second-order valence-corrected chi connectivity index (χ2v) is 6.28. The molecule has 1 rings (SSSR count). The molecule has 0 aliphatic heterocycles. The average molecular weight is 292 g/mol. The highest BCUT2D eigenvalue weighted by atomic mass is 35.5. The van der Waals surface area contributed by atoms with Gasteiger partial charge in [0.1, 0.15) is 5.75 Å². The third kappa shape index (κ3) is 4.84. The minimum atomic E-state index is -3.21. The molecule has 0 amide bonds. The highest BCUT2D eigenvalue weighted by Crippen LogP contribution is 2.22. The van der Waals surface area contributed by atoms with Gasteiger partial charge >= 0.3 is 0 Å². The van der Waals surface area contributed by atoms with Crippen molar-refractivity contribution in [2.24, 2.45) is 0 Å². The van der Waals surface area contributed by atoms with Crippen LogP contribution in [-0.2, 0) is 16.6 Å². The van der Waals surface area contributed by atoms with Gasteiger partial charge in [0.15, 0.2) is 0 Å². The Labute approximate surface area is 113 Å². The number of nitrogens with one attached hydrogen (secondary N) is 1.